The maximum absolute atomic E-state index is 13.3. The van der Waals surface area contributed by atoms with Gasteiger partial charge in [-0.15, -0.1) is 0 Å². The smallest absolute Gasteiger partial charge is 0.416 e. The van der Waals surface area contributed by atoms with Crippen LogP contribution in [0, 0.1) is 5.82 Å². The first-order valence-electron chi connectivity index (χ1n) is 5.03. The van der Waals surface area contributed by atoms with E-state index in [-0.39, 0.29) is 0 Å². The van der Waals surface area contributed by atoms with Crippen LogP contribution in [0.2, 0.25) is 0 Å². The van der Waals surface area contributed by atoms with Crippen LogP contribution in [0.5, 0.6) is 0 Å². The number of alkyl halides is 3. The average Bonchev–Trinajstić information content (AvgIpc) is 2.27. The van der Waals surface area contributed by atoms with Gasteiger partial charge in [-0.2, -0.15) is 13.2 Å². The van der Waals surface area contributed by atoms with E-state index in [1.165, 1.54) is 0 Å². The largest absolute Gasteiger partial charge is 0.480 e. The van der Waals surface area contributed by atoms with Crippen molar-refractivity contribution in [2.75, 3.05) is 0 Å². The van der Waals surface area contributed by atoms with Crippen molar-refractivity contribution in [2.24, 2.45) is 0 Å². The third-order valence-electron chi connectivity index (χ3n) is 2.26. The number of hydrogen-bond acceptors (Lipinski definition) is 2. The average molecular weight is 279 g/mol. The zero-order chi connectivity index (χ0) is 14.8. The van der Waals surface area contributed by atoms with Crippen molar-refractivity contribution in [3.8, 4) is 0 Å². The molecule has 0 saturated heterocycles. The molecule has 0 heterocycles. The van der Waals surface area contributed by atoms with E-state index in [1.54, 1.807) is 0 Å². The lowest BCUT2D eigenvalue weighted by molar-refractivity contribution is -0.139. The van der Waals surface area contributed by atoms with Crippen LogP contribution in [0.3, 0.4) is 0 Å². The van der Waals surface area contributed by atoms with Gasteiger partial charge in [0.2, 0.25) is 0 Å². The van der Waals surface area contributed by atoms with Crippen LogP contribution >= 0.6 is 0 Å². The van der Waals surface area contributed by atoms with Crippen LogP contribution in [-0.4, -0.2) is 23.0 Å². The highest BCUT2D eigenvalue weighted by Crippen LogP contribution is 2.30. The number of aliphatic carboxylic acids is 1. The summed E-state index contributed by atoms with van der Waals surface area (Å²) < 4.78 is 50.5. The Morgan fingerprint density at radius 1 is 1.32 bits per heavy atom. The van der Waals surface area contributed by atoms with Crippen molar-refractivity contribution in [1.82, 2.24) is 5.32 Å². The fraction of sp³-hybridized carbons (Fsp3) is 0.273. The summed E-state index contributed by atoms with van der Waals surface area (Å²) >= 11 is 0. The molecular weight excluding hydrogens is 270 g/mol. The van der Waals surface area contributed by atoms with E-state index >= 15 is 0 Å². The number of carbonyl (C=O) groups is 2. The molecule has 0 aliphatic rings. The monoisotopic (exact) mass is 279 g/mol. The Morgan fingerprint density at radius 2 is 1.89 bits per heavy atom. The summed E-state index contributed by atoms with van der Waals surface area (Å²) in [5.41, 5.74) is -2.05. The molecular formula is C11H9F4NO3. The Morgan fingerprint density at radius 3 is 2.37 bits per heavy atom. The van der Waals surface area contributed by atoms with Crippen molar-refractivity contribution in [3.63, 3.8) is 0 Å². The molecule has 0 saturated carbocycles. The molecule has 0 bridgehead atoms. The van der Waals surface area contributed by atoms with Crippen molar-refractivity contribution < 1.29 is 32.3 Å². The van der Waals surface area contributed by atoms with Crippen molar-refractivity contribution in [1.29, 1.82) is 0 Å². The number of nitrogens with one attached hydrogen (secondary N) is 1. The molecule has 1 aromatic carbocycles. The Bertz CT molecular complexity index is 513. The maximum atomic E-state index is 13.3. The molecule has 0 fully saturated rings. The molecule has 19 heavy (non-hydrogen) atoms. The zero-order valence-electron chi connectivity index (χ0n) is 9.58. The van der Waals surface area contributed by atoms with E-state index in [2.05, 4.69) is 0 Å². The van der Waals surface area contributed by atoms with E-state index < -0.39 is 41.0 Å². The molecule has 0 aromatic heterocycles. The normalized spacial score (nSPS) is 12.9. The lowest BCUT2D eigenvalue weighted by atomic mass is 10.1. The van der Waals surface area contributed by atoms with Crippen LogP contribution in [0.4, 0.5) is 17.6 Å². The van der Waals surface area contributed by atoms with Crippen LogP contribution in [0.25, 0.3) is 0 Å². The van der Waals surface area contributed by atoms with Gasteiger partial charge >= 0.3 is 12.1 Å². The van der Waals surface area contributed by atoms with E-state index in [0.717, 1.165) is 6.92 Å². The molecule has 104 valence electrons. The third kappa shape index (κ3) is 3.67. The fourth-order valence-corrected chi connectivity index (χ4v) is 1.21. The first-order chi connectivity index (χ1) is 8.62. The number of amides is 1. The van der Waals surface area contributed by atoms with Gasteiger partial charge in [-0.3, -0.25) is 9.59 Å². The predicted molar refractivity (Wildman–Crippen MR) is 56.0 cm³/mol. The predicted octanol–water partition coefficient (Wildman–Crippen LogP) is 2.05. The molecule has 1 rings (SSSR count). The van der Waals surface area contributed by atoms with E-state index in [9.17, 15) is 27.2 Å². The minimum atomic E-state index is -4.72. The number of benzene rings is 1. The molecule has 1 atom stereocenters. The number of carboxylic acid groups (broad SMARTS) is 1. The standard InChI is InChI=1S/C11H9F4NO3/c1-5(10(18)19)16-9(17)7-4-6(11(13,14)15)2-3-8(7)12/h2-5H,1H3,(H,16,17)(H,18,19)/t5-/m0/s1. The van der Waals surface area contributed by atoms with Gasteiger partial charge in [0, 0.05) is 0 Å². The lowest BCUT2D eigenvalue weighted by Gasteiger charge is -2.12. The summed E-state index contributed by atoms with van der Waals surface area (Å²) in [7, 11) is 0. The molecule has 1 aromatic rings. The molecule has 0 radical (unpaired) electrons. The van der Waals surface area contributed by atoms with Crippen molar-refractivity contribution in [3.05, 3.63) is 35.1 Å². The molecule has 0 unspecified atom stereocenters. The van der Waals surface area contributed by atoms with Crippen LogP contribution in [0.15, 0.2) is 18.2 Å². The molecule has 0 aliphatic carbocycles. The van der Waals surface area contributed by atoms with Crippen LogP contribution in [-0.2, 0) is 11.0 Å². The Hall–Kier alpha value is -2.12. The highest BCUT2D eigenvalue weighted by Gasteiger charge is 2.32. The first-order valence-corrected chi connectivity index (χ1v) is 5.03. The Labute approximate surface area is 105 Å². The Balaban J connectivity index is 3.06. The number of carboxylic acids is 1. The first kappa shape index (κ1) is 14.9. The van der Waals surface area contributed by atoms with E-state index in [1.807, 2.05) is 5.32 Å². The number of halogens is 4. The zero-order valence-corrected chi connectivity index (χ0v) is 9.58. The highest BCUT2D eigenvalue weighted by molar-refractivity contribution is 5.96. The molecule has 0 aliphatic heterocycles. The second-order valence-electron chi connectivity index (χ2n) is 3.73. The number of rotatable bonds is 3. The number of carbonyl (C=O) groups excluding carboxylic acids is 1. The van der Waals surface area contributed by atoms with Gasteiger partial charge in [0.15, 0.2) is 0 Å². The molecule has 8 heteroatoms. The SMILES string of the molecule is C[C@H](NC(=O)c1cc(C(F)(F)F)ccc1F)C(=O)O. The summed E-state index contributed by atoms with van der Waals surface area (Å²) in [4.78, 5) is 22.0. The minimum Gasteiger partial charge on any atom is -0.480 e. The van der Waals surface area contributed by atoms with E-state index in [4.69, 9.17) is 5.11 Å². The number of hydrogen-bond donors (Lipinski definition) is 2. The van der Waals surface area contributed by atoms with Crippen LogP contribution in [0.1, 0.15) is 22.8 Å². The molecule has 1 amide bonds. The summed E-state index contributed by atoms with van der Waals surface area (Å²) in [5.74, 6) is -3.78. The second-order valence-corrected chi connectivity index (χ2v) is 3.73. The molecule has 4 nitrogen and oxygen atoms in total. The lowest BCUT2D eigenvalue weighted by Crippen LogP contribution is -2.38. The van der Waals surface area contributed by atoms with E-state index in [0.29, 0.717) is 18.2 Å². The minimum absolute atomic E-state index is 0.333. The third-order valence-corrected chi connectivity index (χ3v) is 2.26. The summed E-state index contributed by atoms with van der Waals surface area (Å²) in [6.07, 6.45) is -4.72. The maximum Gasteiger partial charge on any atom is 0.416 e. The summed E-state index contributed by atoms with van der Waals surface area (Å²) in [6.45, 7) is 1.10. The fourth-order valence-electron chi connectivity index (χ4n) is 1.21. The summed E-state index contributed by atoms with van der Waals surface area (Å²) in [5, 5.41) is 10.4. The summed E-state index contributed by atoms with van der Waals surface area (Å²) in [6, 6.07) is -0.0174. The van der Waals surface area contributed by atoms with Gasteiger partial charge in [0.1, 0.15) is 11.9 Å². The molecule has 0 spiro atoms. The quantitative estimate of drug-likeness (QED) is 0.832. The van der Waals surface area contributed by atoms with Crippen molar-refractivity contribution in [2.45, 2.75) is 19.1 Å². The second kappa shape index (κ2) is 5.25. The highest BCUT2D eigenvalue weighted by atomic mass is 19.4. The van der Waals surface area contributed by atoms with Gasteiger partial charge in [0.05, 0.1) is 11.1 Å². The van der Waals surface area contributed by atoms with Gasteiger partial charge in [-0.05, 0) is 25.1 Å². The molecule has 2 N–H and O–H groups in total. The van der Waals surface area contributed by atoms with Gasteiger partial charge < -0.3 is 10.4 Å². The topological polar surface area (TPSA) is 66.4 Å². The Kier molecular flexibility index (Phi) is 4.13. The van der Waals surface area contributed by atoms with Crippen LogP contribution < -0.4 is 5.32 Å². The van der Waals surface area contributed by atoms with Gasteiger partial charge in [-0.25, -0.2) is 4.39 Å². The van der Waals surface area contributed by atoms with Crippen molar-refractivity contribution >= 4 is 11.9 Å². The van der Waals surface area contributed by atoms with Gasteiger partial charge in [0.25, 0.3) is 5.91 Å². The van der Waals surface area contributed by atoms with Gasteiger partial charge in [-0.1, -0.05) is 0 Å².